The van der Waals surface area contributed by atoms with Crippen molar-refractivity contribution in [1.82, 2.24) is 4.31 Å². The van der Waals surface area contributed by atoms with Crippen LogP contribution in [0.3, 0.4) is 0 Å². The van der Waals surface area contributed by atoms with Crippen LogP contribution in [0.15, 0.2) is 0 Å². The molecule has 1 saturated heterocycles. The maximum absolute atomic E-state index is 11.9. The van der Waals surface area contributed by atoms with Crippen LogP contribution in [0.1, 0.15) is 33.1 Å². The predicted octanol–water partition coefficient (Wildman–Crippen LogP) is 2.31. The summed E-state index contributed by atoms with van der Waals surface area (Å²) in [7, 11) is -3.10. The first-order chi connectivity index (χ1) is 7.47. The van der Waals surface area contributed by atoms with E-state index in [0.717, 1.165) is 19.3 Å². The summed E-state index contributed by atoms with van der Waals surface area (Å²) in [5, 5.41) is 0. The summed E-state index contributed by atoms with van der Waals surface area (Å²) < 4.78 is 25.3. The Balaban J connectivity index is 2.60. The second-order valence-corrected chi connectivity index (χ2v) is 7.31. The maximum atomic E-state index is 11.9. The lowest BCUT2D eigenvalue weighted by atomic mass is 9.89. The Morgan fingerprint density at radius 1 is 1.31 bits per heavy atom. The van der Waals surface area contributed by atoms with Gasteiger partial charge in [0.05, 0.1) is 5.75 Å². The molecule has 0 saturated carbocycles. The number of alkyl halides is 1. The molecule has 0 amide bonds. The Morgan fingerprint density at radius 2 is 2.00 bits per heavy atom. The Kier molecular flexibility index (Phi) is 5.54. The average molecular weight is 268 g/mol. The lowest BCUT2D eigenvalue weighted by Crippen LogP contribution is -2.34. The topological polar surface area (TPSA) is 37.4 Å². The first kappa shape index (κ1) is 14.3. The van der Waals surface area contributed by atoms with Crippen LogP contribution >= 0.6 is 11.6 Å². The van der Waals surface area contributed by atoms with Crippen molar-refractivity contribution in [3.05, 3.63) is 0 Å². The number of hydrogen-bond donors (Lipinski definition) is 0. The minimum Gasteiger partial charge on any atom is -0.212 e. The van der Waals surface area contributed by atoms with E-state index in [1.807, 2.05) is 0 Å². The normalized spacial score (nSPS) is 24.6. The largest absolute Gasteiger partial charge is 0.215 e. The number of sulfonamides is 1. The standard InChI is InChI=1S/C11H22ClNO2S/c1-10(2)11-4-3-7-13(8-5-11)16(14,15)9-6-12/h10-11H,3-9H2,1-2H3. The van der Waals surface area contributed by atoms with E-state index in [9.17, 15) is 8.42 Å². The van der Waals surface area contributed by atoms with Gasteiger partial charge in [-0.2, -0.15) is 0 Å². The third-order valence-electron chi connectivity index (χ3n) is 3.40. The fourth-order valence-corrected chi connectivity index (χ4v) is 4.10. The van der Waals surface area contributed by atoms with Gasteiger partial charge >= 0.3 is 0 Å². The van der Waals surface area contributed by atoms with Gasteiger partial charge < -0.3 is 0 Å². The number of hydrogen-bond acceptors (Lipinski definition) is 2. The highest BCUT2D eigenvalue weighted by atomic mass is 35.5. The quantitative estimate of drug-likeness (QED) is 0.733. The van der Waals surface area contributed by atoms with Gasteiger partial charge in [0.2, 0.25) is 10.0 Å². The molecule has 0 spiro atoms. The molecule has 16 heavy (non-hydrogen) atoms. The molecule has 3 nitrogen and oxygen atoms in total. The van der Waals surface area contributed by atoms with Crippen LogP contribution in [-0.2, 0) is 10.0 Å². The molecular formula is C11H22ClNO2S. The molecule has 0 aromatic carbocycles. The van der Waals surface area contributed by atoms with Crippen molar-refractivity contribution in [2.45, 2.75) is 33.1 Å². The van der Waals surface area contributed by atoms with E-state index in [-0.39, 0.29) is 11.6 Å². The van der Waals surface area contributed by atoms with Gasteiger partial charge in [-0.05, 0) is 31.1 Å². The summed E-state index contributed by atoms with van der Waals surface area (Å²) in [6.45, 7) is 5.77. The third kappa shape index (κ3) is 3.90. The fraction of sp³-hybridized carbons (Fsp3) is 1.00. The van der Waals surface area contributed by atoms with Crippen LogP contribution in [0.4, 0.5) is 0 Å². The Labute approximate surface area is 104 Å². The molecule has 1 heterocycles. The van der Waals surface area contributed by atoms with E-state index in [1.54, 1.807) is 4.31 Å². The molecule has 0 radical (unpaired) electrons. The molecular weight excluding hydrogens is 246 g/mol. The van der Waals surface area contributed by atoms with Gasteiger partial charge in [0.25, 0.3) is 0 Å². The fourth-order valence-electron chi connectivity index (χ4n) is 2.27. The van der Waals surface area contributed by atoms with Gasteiger partial charge in [0.1, 0.15) is 0 Å². The lowest BCUT2D eigenvalue weighted by molar-refractivity contribution is 0.341. The average Bonchev–Trinajstić information content (AvgIpc) is 2.42. The third-order valence-corrected chi connectivity index (χ3v) is 5.69. The molecule has 0 aromatic heterocycles. The van der Waals surface area contributed by atoms with Crippen LogP contribution in [-0.4, -0.2) is 37.4 Å². The highest BCUT2D eigenvalue weighted by molar-refractivity contribution is 7.89. The SMILES string of the molecule is CC(C)C1CCCN(S(=O)(=O)CCCl)CC1. The smallest absolute Gasteiger partial charge is 0.212 e. The van der Waals surface area contributed by atoms with Crippen LogP contribution in [0, 0.1) is 11.8 Å². The second kappa shape index (κ2) is 6.22. The summed E-state index contributed by atoms with van der Waals surface area (Å²) in [4.78, 5) is 0. The van der Waals surface area contributed by atoms with Gasteiger partial charge in [-0.3, -0.25) is 0 Å². The van der Waals surface area contributed by atoms with Crippen molar-refractivity contribution < 1.29 is 8.42 Å². The first-order valence-electron chi connectivity index (χ1n) is 6.01. The highest BCUT2D eigenvalue weighted by Gasteiger charge is 2.26. The van der Waals surface area contributed by atoms with Gasteiger partial charge in [-0.25, -0.2) is 12.7 Å². The van der Waals surface area contributed by atoms with Crippen molar-refractivity contribution in [2.75, 3.05) is 24.7 Å². The van der Waals surface area contributed by atoms with Gasteiger partial charge in [-0.1, -0.05) is 13.8 Å². The molecule has 96 valence electrons. The van der Waals surface area contributed by atoms with Crippen molar-refractivity contribution in [1.29, 1.82) is 0 Å². The molecule has 0 bridgehead atoms. The molecule has 1 atom stereocenters. The zero-order chi connectivity index (χ0) is 12.2. The van der Waals surface area contributed by atoms with Crippen molar-refractivity contribution >= 4 is 21.6 Å². The minimum absolute atomic E-state index is 0.0703. The minimum atomic E-state index is -3.10. The summed E-state index contributed by atoms with van der Waals surface area (Å²) >= 11 is 5.52. The van der Waals surface area contributed by atoms with E-state index >= 15 is 0 Å². The van der Waals surface area contributed by atoms with E-state index in [2.05, 4.69) is 13.8 Å². The predicted molar refractivity (Wildman–Crippen MR) is 68.3 cm³/mol. The van der Waals surface area contributed by atoms with Gasteiger partial charge in [-0.15, -0.1) is 11.6 Å². The molecule has 0 N–H and O–H groups in total. The molecule has 1 rings (SSSR count). The summed E-state index contributed by atoms with van der Waals surface area (Å²) in [5.41, 5.74) is 0. The van der Waals surface area contributed by atoms with Crippen molar-refractivity contribution in [2.24, 2.45) is 11.8 Å². The number of nitrogens with zero attached hydrogens (tertiary/aromatic N) is 1. The number of halogens is 1. The van der Waals surface area contributed by atoms with Crippen molar-refractivity contribution in [3.63, 3.8) is 0 Å². The van der Waals surface area contributed by atoms with Crippen molar-refractivity contribution in [3.8, 4) is 0 Å². The Bertz CT molecular complexity index is 303. The number of rotatable bonds is 4. The van der Waals surface area contributed by atoms with Crippen LogP contribution in [0.25, 0.3) is 0 Å². The van der Waals surface area contributed by atoms with Crippen LogP contribution in [0.2, 0.25) is 0 Å². The summed E-state index contributed by atoms with van der Waals surface area (Å²) in [6, 6.07) is 0. The van der Waals surface area contributed by atoms with Crippen LogP contribution in [0.5, 0.6) is 0 Å². The monoisotopic (exact) mass is 267 g/mol. The Morgan fingerprint density at radius 3 is 2.56 bits per heavy atom. The highest BCUT2D eigenvalue weighted by Crippen LogP contribution is 2.25. The molecule has 1 aliphatic rings. The zero-order valence-electron chi connectivity index (χ0n) is 10.2. The first-order valence-corrected chi connectivity index (χ1v) is 8.15. The zero-order valence-corrected chi connectivity index (χ0v) is 11.7. The van der Waals surface area contributed by atoms with Crippen LogP contribution < -0.4 is 0 Å². The van der Waals surface area contributed by atoms with E-state index in [1.165, 1.54) is 0 Å². The van der Waals surface area contributed by atoms with E-state index in [0.29, 0.717) is 24.9 Å². The molecule has 1 fully saturated rings. The van der Waals surface area contributed by atoms with Gasteiger partial charge in [0.15, 0.2) is 0 Å². The molecule has 0 aliphatic carbocycles. The molecule has 1 aliphatic heterocycles. The molecule has 0 aromatic rings. The Hall–Kier alpha value is 0.200. The molecule has 1 unspecified atom stereocenters. The second-order valence-electron chi connectivity index (χ2n) is 4.84. The summed E-state index contributed by atoms with van der Waals surface area (Å²) in [5.74, 6) is 1.57. The summed E-state index contributed by atoms with van der Waals surface area (Å²) in [6.07, 6.45) is 3.11. The maximum Gasteiger partial charge on any atom is 0.215 e. The lowest BCUT2D eigenvalue weighted by Gasteiger charge is -2.20. The van der Waals surface area contributed by atoms with E-state index < -0.39 is 10.0 Å². The van der Waals surface area contributed by atoms with Gasteiger partial charge in [0, 0.05) is 19.0 Å². The molecule has 5 heteroatoms. The van der Waals surface area contributed by atoms with E-state index in [4.69, 9.17) is 11.6 Å².